The molecule has 2 fully saturated rings. The second kappa shape index (κ2) is 7.66. The molecule has 0 spiro atoms. The lowest BCUT2D eigenvalue weighted by Gasteiger charge is -2.27. The summed E-state index contributed by atoms with van der Waals surface area (Å²) in [5.41, 5.74) is 0. The Morgan fingerprint density at radius 1 is 1.24 bits per heavy atom. The molecular weight excluding hydrogens is 268 g/mol. The number of rotatable bonds is 5. The first kappa shape index (κ1) is 16.1. The lowest BCUT2D eigenvalue weighted by Crippen LogP contribution is -2.41. The number of amides is 2. The van der Waals surface area contributed by atoms with Gasteiger partial charge in [0.05, 0.1) is 0 Å². The number of nitrogens with zero attached hydrogens (tertiary/aromatic N) is 1. The summed E-state index contributed by atoms with van der Waals surface area (Å²) in [5, 5.41) is 11.8. The molecule has 2 rings (SSSR count). The monoisotopic (exact) mass is 296 g/mol. The molecule has 0 aromatic rings. The van der Waals surface area contributed by atoms with Gasteiger partial charge in [-0.3, -0.25) is 4.79 Å². The average molecular weight is 296 g/mol. The Balaban J connectivity index is 1.66. The van der Waals surface area contributed by atoms with E-state index in [2.05, 4.69) is 12.2 Å². The van der Waals surface area contributed by atoms with Crippen LogP contribution in [-0.2, 0) is 4.79 Å². The number of hydrogen-bond acceptors (Lipinski definition) is 2. The minimum atomic E-state index is -0.746. The van der Waals surface area contributed by atoms with E-state index in [0.29, 0.717) is 24.8 Å². The Labute approximate surface area is 127 Å². The van der Waals surface area contributed by atoms with E-state index in [-0.39, 0.29) is 12.5 Å². The number of likely N-dealkylation sites (tertiary alicyclic amines) is 1. The summed E-state index contributed by atoms with van der Waals surface area (Å²) >= 11 is 0. The zero-order chi connectivity index (χ0) is 15.2. The van der Waals surface area contributed by atoms with Gasteiger partial charge in [-0.05, 0) is 43.4 Å². The van der Waals surface area contributed by atoms with Crippen molar-refractivity contribution in [2.45, 2.75) is 51.9 Å². The molecule has 1 saturated heterocycles. The van der Waals surface area contributed by atoms with Crippen molar-refractivity contribution in [3.8, 4) is 0 Å². The Hall–Kier alpha value is -1.26. The van der Waals surface area contributed by atoms with Crippen molar-refractivity contribution in [2.24, 2.45) is 17.8 Å². The summed E-state index contributed by atoms with van der Waals surface area (Å²) in [5.74, 6) is 1.02. The van der Waals surface area contributed by atoms with Crippen molar-refractivity contribution in [3.63, 3.8) is 0 Å². The highest BCUT2D eigenvalue weighted by atomic mass is 16.4. The van der Waals surface area contributed by atoms with Crippen molar-refractivity contribution in [1.82, 2.24) is 10.2 Å². The predicted octanol–water partition coefficient (Wildman–Crippen LogP) is 2.71. The van der Waals surface area contributed by atoms with E-state index in [1.807, 2.05) is 4.90 Å². The summed E-state index contributed by atoms with van der Waals surface area (Å²) in [4.78, 5) is 24.6. The van der Waals surface area contributed by atoms with E-state index in [4.69, 9.17) is 5.11 Å². The third-order valence-corrected chi connectivity index (χ3v) is 4.93. The minimum absolute atomic E-state index is 0.0334. The molecule has 3 unspecified atom stereocenters. The van der Waals surface area contributed by atoms with E-state index in [0.717, 1.165) is 25.4 Å². The fourth-order valence-electron chi connectivity index (χ4n) is 3.67. The first-order valence-corrected chi connectivity index (χ1v) is 8.29. The highest BCUT2D eigenvalue weighted by Gasteiger charge is 2.27. The summed E-state index contributed by atoms with van der Waals surface area (Å²) in [6.45, 7) is 4.55. The van der Waals surface area contributed by atoms with Crippen molar-refractivity contribution in [1.29, 1.82) is 0 Å². The molecule has 5 heteroatoms. The molecule has 1 aliphatic carbocycles. The second-order valence-electron chi connectivity index (χ2n) is 6.86. The van der Waals surface area contributed by atoms with Gasteiger partial charge in [0.15, 0.2) is 0 Å². The second-order valence-corrected chi connectivity index (χ2v) is 6.86. The van der Waals surface area contributed by atoms with Gasteiger partial charge in [0.25, 0.3) is 0 Å². The molecule has 2 amide bonds. The number of carboxylic acids is 1. The van der Waals surface area contributed by atoms with Crippen molar-refractivity contribution in [3.05, 3.63) is 0 Å². The molecule has 2 N–H and O–H groups in total. The molecule has 0 bridgehead atoms. The zero-order valence-electron chi connectivity index (χ0n) is 13.0. The molecule has 1 heterocycles. The van der Waals surface area contributed by atoms with Crippen LogP contribution in [0.4, 0.5) is 4.79 Å². The first-order valence-electron chi connectivity index (χ1n) is 8.29. The highest BCUT2D eigenvalue weighted by Crippen LogP contribution is 2.28. The lowest BCUT2D eigenvalue weighted by atomic mass is 9.82. The molecule has 21 heavy (non-hydrogen) atoms. The van der Waals surface area contributed by atoms with Gasteiger partial charge in [-0.15, -0.1) is 0 Å². The molecule has 5 nitrogen and oxygen atoms in total. The Morgan fingerprint density at radius 3 is 2.76 bits per heavy atom. The number of carboxylic acid groups (broad SMARTS) is 1. The summed E-state index contributed by atoms with van der Waals surface area (Å²) in [7, 11) is 0. The summed E-state index contributed by atoms with van der Waals surface area (Å²) in [6, 6.07) is 0.0334. The van der Waals surface area contributed by atoms with Crippen LogP contribution in [0.1, 0.15) is 51.9 Å². The maximum absolute atomic E-state index is 12.2. The fourth-order valence-corrected chi connectivity index (χ4v) is 3.67. The maximum atomic E-state index is 12.2. The molecule has 0 aromatic heterocycles. The minimum Gasteiger partial charge on any atom is -0.481 e. The third-order valence-electron chi connectivity index (χ3n) is 4.93. The number of aliphatic carboxylic acids is 1. The van der Waals surface area contributed by atoms with E-state index >= 15 is 0 Å². The molecular formula is C16H28N2O3. The van der Waals surface area contributed by atoms with Crippen LogP contribution < -0.4 is 5.32 Å². The molecule has 0 aromatic carbocycles. The van der Waals surface area contributed by atoms with Gasteiger partial charge < -0.3 is 15.3 Å². The number of hydrogen-bond donors (Lipinski definition) is 2. The van der Waals surface area contributed by atoms with Crippen LogP contribution in [0, 0.1) is 17.8 Å². The van der Waals surface area contributed by atoms with E-state index in [1.165, 1.54) is 25.7 Å². The number of carbonyl (C=O) groups is 2. The molecule has 1 aliphatic heterocycles. The van der Waals surface area contributed by atoms with Gasteiger partial charge in [0.2, 0.25) is 0 Å². The van der Waals surface area contributed by atoms with Gasteiger partial charge in [-0.25, -0.2) is 4.79 Å². The van der Waals surface area contributed by atoms with Gasteiger partial charge in [0, 0.05) is 26.1 Å². The van der Waals surface area contributed by atoms with Gasteiger partial charge in [-0.2, -0.15) is 0 Å². The zero-order valence-corrected chi connectivity index (χ0v) is 13.0. The van der Waals surface area contributed by atoms with Gasteiger partial charge in [-0.1, -0.05) is 19.8 Å². The molecule has 3 atom stereocenters. The quantitative estimate of drug-likeness (QED) is 0.819. The van der Waals surface area contributed by atoms with Crippen LogP contribution >= 0.6 is 0 Å². The fraction of sp³-hybridized carbons (Fsp3) is 0.875. The largest absolute Gasteiger partial charge is 0.481 e. The van der Waals surface area contributed by atoms with E-state index in [1.54, 1.807) is 0 Å². The SMILES string of the molecule is CC1CCCC(CNC(=O)N2CCC(CCC(=O)O)C2)C1. The molecule has 0 radical (unpaired) electrons. The maximum Gasteiger partial charge on any atom is 0.317 e. The van der Waals surface area contributed by atoms with Crippen molar-refractivity contribution in [2.75, 3.05) is 19.6 Å². The molecule has 120 valence electrons. The van der Waals surface area contributed by atoms with Gasteiger partial charge in [0.1, 0.15) is 0 Å². The highest BCUT2D eigenvalue weighted by molar-refractivity contribution is 5.74. The molecule has 1 saturated carbocycles. The standard InChI is InChI=1S/C16H28N2O3/c1-12-3-2-4-14(9-12)10-17-16(21)18-8-7-13(11-18)5-6-15(19)20/h12-14H,2-11H2,1H3,(H,17,21)(H,19,20). The van der Waals surface area contributed by atoms with Crippen LogP contribution in [0.25, 0.3) is 0 Å². The van der Waals surface area contributed by atoms with Crippen molar-refractivity contribution >= 4 is 12.0 Å². The van der Waals surface area contributed by atoms with Crippen LogP contribution in [0.5, 0.6) is 0 Å². The third kappa shape index (κ3) is 5.21. The predicted molar refractivity (Wildman–Crippen MR) is 81.1 cm³/mol. The lowest BCUT2D eigenvalue weighted by molar-refractivity contribution is -0.137. The normalized spacial score (nSPS) is 29.4. The van der Waals surface area contributed by atoms with Crippen molar-refractivity contribution < 1.29 is 14.7 Å². The molecule has 2 aliphatic rings. The van der Waals surface area contributed by atoms with Crippen LogP contribution in [0.3, 0.4) is 0 Å². The first-order chi connectivity index (χ1) is 10.0. The summed E-state index contributed by atoms with van der Waals surface area (Å²) < 4.78 is 0. The Morgan fingerprint density at radius 2 is 2.05 bits per heavy atom. The van der Waals surface area contributed by atoms with Crippen LogP contribution in [0.2, 0.25) is 0 Å². The topological polar surface area (TPSA) is 69.6 Å². The number of nitrogens with one attached hydrogen (secondary N) is 1. The van der Waals surface area contributed by atoms with Gasteiger partial charge >= 0.3 is 12.0 Å². The Bertz CT molecular complexity index is 373. The average Bonchev–Trinajstić information content (AvgIpc) is 2.91. The number of urea groups is 1. The van der Waals surface area contributed by atoms with E-state index in [9.17, 15) is 9.59 Å². The number of carbonyl (C=O) groups excluding carboxylic acids is 1. The Kier molecular flexibility index (Phi) is 5.88. The van der Waals surface area contributed by atoms with Crippen LogP contribution in [0.15, 0.2) is 0 Å². The smallest absolute Gasteiger partial charge is 0.317 e. The van der Waals surface area contributed by atoms with Crippen LogP contribution in [-0.4, -0.2) is 41.6 Å². The van der Waals surface area contributed by atoms with E-state index < -0.39 is 5.97 Å². The summed E-state index contributed by atoms with van der Waals surface area (Å²) in [6.07, 6.45) is 6.87.